The van der Waals surface area contributed by atoms with Crippen molar-refractivity contribution >= 4 is 23.2 Å². The van der Waals surface area contributed by atoms with Gasteiger partial charge < -0.3 is 15.6 Å². The molecule has 7 nitrogen and oxygen atoms in total. The molecule has 1 aliphatic carbocycles. The first kappa shape index (κ1) is 19.4. The van der Waals surface area contributed by atoms with Crippen molar-refractivity contribution in [2.75, 3.05) is 5.73 Å². The van der Waals surface area contributed by atoms with Crippen molar-refractivity contribution in [3.63, 3.8) is 0 Å². The van der Waals surface area contributed by atoms with Gasteiger partial charge in [0.15, 0.2) is 11.5 Å². The Labute approximate surface area is 170 Å². The molecule has 0 atom stereocenters. The van der Waals surface area contributed by atoms with Gasteiger partial charge in [-0.25, -0.2) is 9.98 Å². The summed E-state index contributed by atoms with van der Waals surface area (Å²) >= 11 is 0. The summed E-state index contributed by atoms with van der Waals surface area (Å²) in [6, 6.07) is 8.34. The summed E-state index contributed by atoms with van der Waals surface area (Å²) in [5.41, 5.74) is 8.85. The van der Waals surface area contributed by atoms with Gasteiger partial charge in [0.2, 0.25) is 5.88 Å². The van der Waals surface area contributed by atoms with E-state index in [9.17, 15) is 9.90 Å². The number of nitrogen functional groups attached to an aromatic ring is 1. The summed E-state index contributed by atoms with van der Waals surface area (Å²) in [6.45, 7) is 5.70. The van der Waals surface area contributed by atoms with E-state index in [1.165, 1.54) is 5.56 Å². The van der Waals surface area contributed by atoms with E-state index in [0.717, 1.165) is 37.0 Å². The average molecular weight is 394 g/mol. The smallest absolute Gasteiger partial charge is 0.306 e. The molecule has 2 aliphatic rings. The Bertz CT molecular complexity index is 974. The molecule has 1 aromatic carbocycles. The van der Waals surface area contributed by atoms with Gasteiger partial charge in [0.1, 0.15) is 11.4 Å². The molecule has 3 N–H and O–H groups in total. The third-order valence-electron chi connectivity index (χ3n) is 5.87. The van der Waals surface area contributed by atoms with Crippen molar-refractivity contribution in [3.8, 4) is 5.88 Å². The molecule has 0 spiro atoms. The summed E-state index contributed by atoms with van der Waals surface area (Å²) in [5.74, 6) is 0.817. The number of fused-ring (bicyclic) bond motifs is 1. The van der Waals surface area contributed by atoms with Crippen LogP contribution in [0.2, 0.25) is 0 Å². The van der Waals surface area contributed by atoms with Gasteiger partial charge in [-0.2, -0.15) is 4.98 Å². The quantitative estimate of drug-likeness (QED) is 0.813. The zero-order valence-corrected chi connectivity index (χ0v) is 17.0. The van der Waals surface area contributed by atoms with Gasteiger partial charge in [0, 0.05) is 5.56 Å². The summed E-state index contributed by atoms with van der Waals surface area (Å²) in [4.78, 5) is 24.4. The van der Waals surface area contributed by atoms with E-state index in [1.54, 1.807) is 6.92 Å². The fourth-order valence-corrected chi connectivity index (χ4v) is 4.27. The number of carboxylic acids is 1. The summed E-state index contributed by atoms with van der Waals surface area (Å²) < 4.78 is 6.11. The van der Waals surface area contributed by atoms with E-state index in [-0.39, 0.29) is 5.92 Å². The lowest BCUT2D eigenvalue weighted by Crippen LogP contribution is -2.41. The minimum atomic E-state index is -0.671. The van der Waals surface area contributed by atoms with Gasteiger partial charge in [0.05, 0.1) is 11.6 Å². The van der Waals surface area contributed by atoms with E-state index >= 15 is 0 Å². The maximum absolute atomic E-state index is 11.2. The van der Waals surface area contributed by atoms with Gasteiger partial charge >= 0.3 is 5.97 Å². The van der Waals surface area contributed by atoms with E-state index in [1.807, 2.05) is 13.8 Å². The molecule has 152 valence electrons. The number of aromatic nitrogens is 2. The molecular weight excluding hydrogens is 368 g/mol. The Balaban J connectivity index is 1.60. The van der Waals surface area contributed by atoms with Crippen molar-refractivity contribution in [2.24, 2.45) is 10.9 Å². The van der Waals surface area contributed by atoms with Crippen LogP contribution in [0.4, 0.5) is 11.5 Å². The highest BCUT2D eigenvalue weighted by Crippen LogP contribution is 2.40. The topological polar surface area (TPSA) is 111 Å². The van der Waals surface area contributed by atoms with Gasteiger partial charge in [0.25, 0.3) is 0 Å². The van der Waals surface area contributed by atoms with Gasteiger partial charge in [-0.3, -0.25) is 4.79 Å². The summed E-state index contributed by atoms with van der Waals surface area (Å²) in [5, 5.41) is 9.19. The summed E-state index contributed by atoms with van der Waals surface area (Å²) in [7, 11) is 0. The lowest BCUT2D eigenvalue weighted by atomic mass is 9.78. The fourth-order valence-electron chi connectivity index (χ4n) is 4.27. The van der Waals surface area contributed by atoms with Crippen LogP contribution in [0, 0.1) is 12.8 Å². The zero-order chi connectivity index (χ0) is 20.8. The second kappa shape index (κ2) is 7.13. The number of benzene rings is 1. The van der Waals surface area contributed by atoms with E-state index in [0.29, 0.717) is 29.1 Å². The maximum atomic E-state index is 11.2. The monoisotopic (exact) mass is 394 g/mol. The van der Waals surface area contributed by atoms with Gasteiger partial charge in [-0.1, -0.05) is 24.3 Å². The third kappa shape index (κ3) is 3.69. The Morgan fingerprint density at radius 1 is 1.14 bits per heavy atom. The molecule has 1 fully saturated rings. The number of nitrogens with zero attached hydrogens (tertiary/aromatic N) is 3. The van der Waals surface area contributed by atoms with Crippen LogP contribution in [-0.2, 0) is 4.79 Å². The predicted molar refractivity (Wildman–Crippen MR) is 111 cm³/mol. The molecule has 2 aromatic rings. The number of hydrogen-bond acceptors (Lipinski definition) is 6. The Morgan fingerprint density at radius 3 is 2.41 bits per heavy atom. The van der Waals surface area contributed by atoms with Crippen molar-refractivity contribution in [1.82, 2.24) is 9.97 Å². The number of hydrogen-bond donors (Lipinski definition) is 2. The first-order valence-electron chi connectivity index (χ1n) is 10.00. The van der Waals surface area contributed by atoms with Crippen LogP contribution in [0.1, 0.15) is 62.4 Å². The standard InChI is InChI=1S/C22H26N4O3/c1-12-24-19(23)17-20(25-12)29-22(2,3)18(26-17)15-8-4-13(5-9-15)14-6-10-16(11-7-14)21(27)28/h4-5,8-9,14,16H,6-7,10-11H2,1-3H3,(H,27,28)(H2,23,24,25)/t14-,16-. The number of anilines is 1. The van der Waals surface area contributed by atoms with Gasteiger partial charge in [-0.05, 0) is 57.9 Å². The average Bonchev–Trinajstić information content (AvgIpc) is 2.67. The molecule has 0 amide bonds. The van der Waals surface area contributed by atoms with Crippen molar-refractivity contribution in [1.29, 1.82) is 0 Å². The van der Waals surface area contributed by atoms with Crippen molar-refractivity contribution < 1.29 is 14.6 Å². The molecule has 1 saturated carbocycles. The molecule has 2 heterocycles. The lowest BCUT2D eigenvalue weighted by molar-refractivity contribution is -0.142. The predicted octanol–water partition coefficient (Wildman–Crippen LogP) is 4.02. The number of rotatable bonds is 3. The van der Waals surface area contributed by atoms with Crippen LogP contribution in [-0.4, -0.2) is 32.4 Å². The number of aliphatic imine (C=N–C) groups is 1. The molecule has 0 saturated heterocycles. The highest BCUT2D eigenvalue weighted by molar-refractivity contribution is 6.09. The SMILES string of the molecule is Cc1nc(N)c2c(n1)OC(C)(C)C(c1ccc([C@H]3CC[C@H](C(=O)O)CC3)cc1)=N2. The fraction of sp³-hybridized carbons (Fsp3) is 0.455. The first-order valence-corrected chi connectivity index (χ1v) is 10.00. The second-order valence-corrected chi connectivity index (χ2v) is 8.39. The number of carboxylic acid groups (broad SMARTS) is 1. The first-order chi connectivity index (χ1) is 13.7. The number of carbonyl (C=O) groups is 1. The highest BCUT2D eigenvalue weighted by atomic mass is 16.5. The number of ether oxygens (including phenoxy) is 1. The molecule has 0 radical (unpaired) electrons. The van der Waals surface area contributed by atoms with E-state index < -0.39 is 11.6 Å². The number of aliphatic carboxylic acids is 1. The minimum absolute atomic E-state index is 0.198. The summed E-state index contributed by atoms with van der Waals surface area (Å²) in [6.07, 6.45) is 3.30. The molecule has 29 heavy (non-hydrogen) atoms. The Morgan fingerprint density at radius 2 is 1.79 bits per heavy atom. The maximum Gasteiger partial charge on any atom is 0.306 e. The van der Waals surface area contributed by atoms with E-state index in [2.05, 4.69) is 34.2 Å². The normalized spacial score (nSPS) is 22.9. The van der Waals surface area contributed by atoms with E-state index in [4.69, 9.17) is 15.5 Å². The minimum Gasteiger partial charge on any atom is -0.481 e. The molecule has 1 aromatic heterocycles. The van der Waals surface area contributed by atoms with Crippen molar-refractivity contribution in [3.05, 3.63) is 41.2 Å². The largest absolute Gasteiger partial charge is 0.481 e. The Kier molecular flexibility index (Phi) is 4.76. The zero-order valence-electron chi connectivity index (χ0n) is 17.0. The molecule has 0 bridgehead atoms. The molecule has 7 heteroatoms. The molecule has 0 unspecified atom stereocenters. The number of aryl methyl sites for hydroxylation is 1. The van der Waals surface area contributed by atoms with Crippen LogP contribution in [0.25, 0.3) is 0 Å². The molecule has 1 aliphatic heterocycles. The van der Waals surface area contributed by atoms with Crippen LogP contribution in [0.3, 0.4) is 0 Å². The highest BCUT2D eigenvalue weighted by Gasteiger charge is 2.35. The van der Waals surface area contributed by atoms with Gasteiger partial charge in [-0.15, -0.1) is 0 Å². The van der Waals surface area contributed by atoms with Crippen LogP contribution < -0.4 is 10.5 Å². The lowest BCUT2D eigenvalue weighted by Gasteiger charge is -2.32. The number of nitrogens with two attached hydrogens (primary N) is 1. The third-order valence-corrected chi connectivity index (χ3v) is 5.87. The molecule has 4 rings (SSSR count). The Hall–Kier alpha value is -2.96. The van der Waals surface area contributed by atoms with Crippen LogP contribution in [0.5, 0.6) is 5.88 Å². The second-order valence-electron chi connectivity index (χ2n) is 8.39. The van der Waals surface area contributed by atoms with Crippen LogP contribution in [0.15, 0.2) is 29.3 Å². The van der Waals surface area contributed by atoms with Crippen LogP contribution >= 0.6 is 0 Å². The van der Waals surface area contributed by atoms with Crippen molar-refractivity contribution in [2.45, 2.75) is 58.0 Å². The molecular formula is C22H26N4O3.